The lowest BCUT2D eigenvalue weighted by atomic mass is 10.1. The van der Waals surface area contributed by atoms with Gasteiger partial charge in [-0.3, -0.25) is 4.79 Å². The molecule has 2 aromatic heterocycles. The second-order valence-corrected chi connectivity index (χ2v) is 4.15. The second-order valence-electron chi connectivity index (χ2n) is 4.15. The monoisotopic (exact) mass is 240 g/mol. The summed E-state index contributed by atoms with van der Waals surface area (Å²) in [4.78, 5) is 15.7. The first-order valence-corrected chi connectivity index (χ1v) is 5.66. The maximum atomic E-state index is 11.4. The molecule has 0 aliphatic carbocycles. The van der Waals surface area contributed by atoms with E-state index in [9.17, 15) is 4.79 Å². The molecule has 90 valence electrons. The van der Waals surface area contributed by atoms with Crippen LogP contribution in [0.1, 0.15) is 17.4 Å². The smallest absolute Gasteiger partial charge is 0.179 e. The zero-order chi connectivity index (χ0) is 12.7. The molecule has 3 aromatic rings. The molecule has 0 aliphatic rings. The normalized spacial score (nSPS) is 11.0. The van der Waals surface area contributed by atoms with Crippen molar-refractivity contribution in [2.24, 2.45) is 0 Å². The van der Waals surface area contributed by atoms with E-state index in [4.69, 9.17) is 4.74 Å². The number of carbonyl (C=O) groups is 1. The molecule has 0 N–H and O–H groups in total. The minimum atomic E-state index is -0.0326. The van der Waals surface area contributed by atoms with Gasteiger partial charge >= 0.3 is 0 Å². The minimum Gasteiger partial charge on any atom is -0.496 e. The summed E-state index contributed by atoms with van der Waals surface area (Å²) in [7, 11) is 1.64. The van der Waals surface area contributed by atoms with Gasteiger partial charge in [-0.1, -0.05) is 12.1 Å². The van der Waals surface area contributed by atoms with Gasteiger partial charge < -0.3 is 9.14 Å². The molecule has 0 atom stereocenters. The van der Waals surface area contributed by atoms with Crippen LogP contribution in [0.15, 0.2) is 36.7 Å². The summed E-state index contributed by atoms with van der Waals surface area (Å²) in [6.45, 7) is 1.52. The van der Waals surface area contributed by atoms with Crippen molar-refractivity contribution in [1.29, 1.82) is 0 Å². The molecule has 0 aliphatic heterocycles. The maximum Gasteiger partial charge on any atom is 0.179 e. The van der Waals surface area contributed by atoms with E-state index in [1.807, 2.05) is 34.9 Å². The summed E-state index contributed by atoms with van der Waals surface area (Å²) in [5.41, 5.74) is 1.25. The molecule has 4 nitrogen and oxygen atoms in total. The molecule has 0 fully saturated rings. The number of pyridine rings is 1. The van der Waals surface area contributed by atoms with E-state index >= 15 is 0 Å². The van der Waals surface area contributed by atoms with E-state index < -0.39 is 0 Å². The van der Waals surface area contributed by atoms with E-state index in [1.165, 1.54) is 6.92 Å². The number of hydrogen-bond acceptors (Lipinski definition) is 3. The number of aromatic nitrogens is 2. The van der Waals surface area contributed by atoms with Crippen molar-refractivity contribution >= 4 is 22.2 Å². The van der Waals surface area contributed by atoms with Crippen LogP contribution in [0.25, 0.3) is 16.4 Å². The molecule has 0 amide bonds. The molecule has 0 radical (unpaired) electrons. The van der Waals surface area contributed by atoms with Crippen molar-refractivity contribution in [3.63, 3.8) is 0 Å². The number of benzene rings is 1. The van der Waals surface area contributed by atoms with Crippen molar-refractivity contribution in [1.82, 2.24) is 9.38 Å². The number of nitrogens with zero attached hydrogens (tertiary/aromatic N) is 2. The number of ether oxygens (including phenoxy) is 1. The van der Waals surface area contributed by atoms with E-state index in [2.05, 4.69) is 4.98 Å². The Morgan fingerprint density at radius 3 is 2.83 bits per heavy atom. The van der Waals surface area contributed by atoms with Crippen LogP contribution in [0, 0.1) is 0 Å². The fraction of sp³-hybridized carbons (Fsp3) is 0.143. The first-order valence-electron chi connectivity index (χ1n) is 5.66. The molecule has 2 heterocycles. The van der Waals surface area contributed by atoms with E-state index in [-0.39, 0.29) is 5.78 Å². The van der Waals surface area contributed by atoms with Crippen LogP contribution in [0.4, 0.5) is 0 Å². The van der Waals surface area contributed by atoms with Gasteiger partial charge in [-0.25, -0.2) is 4.98 Å². The molecular formula is C14H12N2O2. The third-order valence-corrected chi connectivity index (χ3v) is 3.02. The van der Waals surface area contributed by atoms with Crippen LogP contribution >= 0.6 is 0 Å². The van der Waals surface area contributed by atoms with Crippen molar-refractivity contribution in [3.05, 3.63) is 42.4 Å². The molecule has 0 saturated carbocycles. The Morgan fingerprint density at radius 1 is 1.28 bits per heavy atom. The zero-order valence-electron chi connectivity index (χ0n) is 10.2. The number of Topliss-reactive ketones (excluding diaryl/α,β-unsaturated/α-hetero) is 1. The summed E-state index contributed by atoms with van der Waals surface area (Å²) in [5.74, 6) is 0.775. The Balaban J connectivity index is 2.42. The molecule has 1 aromatic carbocycles. The Kier molecular flexibility index (Phi) is 2.30. The van der Waals surface area contributed by atoms with Gasteiger partial charge in [0.25, 0.3) is 0 Å². The minimum absolute atomic E-state index is 0.0326. The fourth-order valence-electron chi connectivity index (χ4n) is 2.12. The van der Waals surface area contributed by atoms with Crippen molar-refractivity contribution in [2.45, 2.75) is 6.92 Å². The Morgan fingerprint density at radius 2 is 2.11 bits per heavy atom. The van der Waals surface area contributed by atoms with Crippen LogP contribution in [-0.4, -0.2) is 22.3 Å². The van der Waals surface area contributed by atoms with E-state index in [0.717, 1.165) is 22.2 Å². The second kappa shape index (κ2) is 3.84. The van der Waals surface area contributed by atoms with Gasteiger partial charge in [0, 0.05) is 30.1 Å². The average molecular weight is 240 g/mol. The van der Waals surface area contributed by atoms with Crippen LogP contribution in [0.5, 0.6) is 5.75 Å². The summed E-state index contributed by atoms with van der Waals surface area (Å²) < 4.78 is 7.19. The van der Waals surface area contributed by atoms with Gasteiger partial charge in [0.15, 0.2) is 5.78 Å². The number of carbonyl (C=O) groups excluding carboxylic acids is 1. The molecule has 0 saturated heterocycles. The van der Waals surface area contributed by atoms with Crippen molar-refractivity contribution in [3.8, 4) is 5.75 Å². The molecule has 0 unspecified atom stereocenters. The quantitative estimate of drug-likeness (QED) is 0.647. The number of hydrogen-bond donors (Lipinski definition) is 0. The number of methoxy groups -OCH3 is 1. The SMILES string of the molecule is COc1cccc2c1ccn1cc(C(C)=O)nc21. The van der Waals surface area contributed by atoms with Gasteiger partial charge in [-0.2, -0.15) is 0 Å². The molecule has 18 heavy (non-hydrogen) atoms. The van der Waals surface area contributed by atoms with Gasteiger partial charge in [0.05, 0.1) is 7.11 Å². The largest absolute Gasteiger partial charge is 0.496 e. The van der Waals surface area contributed by atoms with Crippen LogP contribution in [-0.2, 0) is 0 Å². The lowest BCUT2D eigenvalue weighted by Gasteiger charge is -2.05. The van der Waals surface area contributed by atoms with Gasteiger partial charge in [0.1, 0.15) is 17.1 Å². The van der Waals surface area contributed by atoms with Crippen molar-refractivity contribution in [2.75, 3.05) is 7.11 Å². The maximum absolute atomic E-state index is 11.4. The van der Waals surface area contributed by atoms with Gasteiger partial charge in [-0.15, -0.1) is 0 Å². The highest BCUT2D eigenvalue weighted by Crippen LogP contribution is 2.27. The average Bonchev–Trinajstić information content (AvgIpc) is 2.82. The van der Waals surface area contributed by atoms with E-state index in [1.54, 1.807) is 13.3 Å². The summed E-state index contributed by atoms with van der Waals surface area (Å²) in [6, 6.07) is 7.77. The number of rotatable bonds is 2. The van der Waals surface area contributed by atoms with Crippen LogP contribution < -0.4 is 4.74 Å². The molecule has 0 spiro atoms. The lowest BCUT2D eigenvalue weighted by molar-refractivity contribution is 0.101. The highest BCUT2D eigenvalue weighted by Gasteiger charge is 2.10. The van der Waals surface area contributed by atoms with Crippen LogP contribution in [0.2, 0.25) is 0 Å². The first kappa shape index (κ1) is 10.8. The Labute approximate surface area is 104 Å². The topological polar surface area (TPSA) is 43.6 Å². The fourth-order valence-corrected chi connectivity index (χ4v) is 2.12. The molecular weight excluding hydrogens is 228 g/mol. The van der Waals surface area contributed by atoms with Crippen molar-refractivity contribution < 1.29 is 9.53 Å². The summed E-state index contributed by atoms with van der Waals surface area (Å²) in [5, 5.41) is 1.97. The first-order chi connectivity index (χ1) is 8.70. The summed E-state index contributed by atoms with van der Waals surface area (Å²) >= 11 is 0. The van der Waals surface area contributed by atoms with Gasteiger partial charge in [-0.05, 0) is 12.1 Å². The molecule has 3 rings (SSSR count). The predicted molar refractivity (Wildman–Crippen MR) is 69.3 cm³/mol. The lowest BCUT2D eigenvalue weighted by Crippen LogP contribution is -1.90. The zero-order valence-corrected chi connectivity index (χ0v) is 10.2. The number of fused-ring (bicyclic) bond motifs is 3. The Hall–Kier alpha value is -2.36. The third kappa shape index (κ3) is 1.46. The predicted octanol–water partition coefficient (Wildman–Crippen LogP) is 2.70. The standard InChI is InChI=1S/C14H12N2O2/c1-9(17)12-8-16-7-6-10-11(14(16)15-12)4-3-5-13(10)18-2/h3-8H,1-2H3. The van der Waals surface area contributed by atoms with Crippen LogP contribution in [0.3, 0.4) is 0 Å². The third-order valence-electron chi connectivity index (χ3n) is 3.02. The van der Waals surface area contributed by atoms with Gasteiger partial charge in [0.2, 0.25) is 0 Å². The Bertz CT molecular complexity index is 759. The molecule has 4 heteroatoms. The van der Waals surface area contributed by atoms with E-state index in [0.29, 0.717) is 5.69 Å². The molecule has 0 bridgehead atoms. The summed E-state index contributed by atoms with van der Waals surface area (Å²) in [6.07, 6.45) is 3.64. The number of ketones is 1. The highest BCUT2D eigenvalue weighted by atomic mass is 16.5. The number of imidazole rings is 1. The highest BCUT2D eigenvalue weighted by molar-refractivity contribution is 6.00.